The number of carboxylic acid groups (broad SMARTS) is 2. The summed E-state index contributed by atoms with van der Waals surface area (Å²) in [5.74, 6) is 0. The first-order valence-corrected chi connectivity index (χ1v) is 0.651. The van der Waals surface area contributed by atoms with Gasteiger partial charge in [0, 0.05) is 8.41 Å². The molecule has 0 aliphatic carbocycles. The van der Waals surface area contributed by atoms with Crippen molar-refractivity contribution in [3.63, 3.8) is 0 Å². The number of rotatable bonds is 0. The van der Waals surface area contributed by atoms with Gasteiger partial charge in [-0.05, 0) is 0 Å². The first-order valence-electron chi connectivity index (χ1n) is 0.651. The molecule has 2 N–H and O–H groups in total. The van der Waals surface area contributed by atoms with Crippen LogP contribution in [0.15, 0.2) is 0 Å². The Morgan fingerprint density at radius 3 is 1.29 bits per heavy atom. The molecule has 0 saturated carbocycles. The Kier molecular flexibility index (Phi) is 53.4. The minimum atomic E-state index is -1.83. The molecule has 0 aromatic rings. The molecule has 0 unspecified atom stereocenters. The molecule has 0 heterocycles. The molecule has 0 aliphatic heterocycles. The van der Waals surface area contributed by atoms with E-state index in [4.69, 9.17) is 15.0 Å². The molecule has 0 amide bonds. The zero-order valence-electron chi connectivity index (χ0n) is 6.38. The molecule has 0 aliphatic rings. The average Bonchev–Trinajstić information content (AvgIpc) is 0.811. The van der Waals surface area contributed by atoms with Crippen molar-refractivity contribution in [1.82, 2.24) is 0 Å². The van der Waals surface area contributed by atoms with E-state index in [1.54, 1.807) is 0 Å². The van der Waals surface area contributed by atoms with E-state index in [1.165, 1.54) is 0 Å². The normalized spacial score (nSPS) is 3.43. The number of hydrogen-bond acceptors (Lipinski definition) is 1. The molecule has 3 radical (unpaired) electrons. The van der Waals surface area contributed by atoms with Gasteiger partial charge in [0.15, 0.2) is 0 Å². The van der Waals surface area contributed by atoms with Crippen molar-refractivity contribution in [1.29, 1.82) is 0 Å². The molecule has 6 heteroatoms. The molecule has 0 fully saturated rings. The third-order valence-electron chi connectivity index (χ3n) is 0. The fraction of sp³-hybridized carbons (Fsp3) is 0. The van der Waals surface area contributed by atoms with Crippen LogP contribution in [0.4, 0.5) is 4.79 Å². The molecular formula is CH4BNa2O3. The van der Waals surface area contributed by atoms with Gasteiger partial charge in [-0.15, -0.1) is 0 Å². The van der Waals surface area contributed by atoms with E-state index in [1.807, 2.05) is 0 Å². The van der Waals surface area contributed by atoms with E-state index in [9.17, 15) is 0 Å². The van der Waals surface area contributed by atoms with Crippen LogP contribution in [0.3, 0.4) is 0 Å². The summed E-state index contributed by atoms with van der Waals surface area (Å²) in [5.41, 5.74) is 0. The van der Waals surface area contributed by atoms with Crippen LogP contribution in [0.2, 0.25) is 0 Å². The van der Waals surface area contributed by atoms with Crippen LogP contribution in [0.25, 0.3) is 0 Å². The van der Waals surface area contributed by atoms with E-state index in [-0.39, 0.29) is 70.4 Å². The summed E-state index contributed by atoms with van der Waals surface area (Å²) in [6, 6.07) is 0. The van der Waals surface area contributed by atoms with Gasteiger partial charge in [0.1, 0.15) is 0 Å². The summed E-state index contributed by atoms with van der Waals surface area (Å²) < 4.78 is 0. The summed E-state index contributed by atoms with van der Waals surface area (Å²) in [6.45, 7) is 0. The zero-order chi connectivity index (χ0) is 3.58. The van der Waals surface area contributed by atoms with Gasteiger partial charge in [0.25, 0.3) is 0 Å². The fourth-order valence-electron chi connectivity index (χ4n) is 0. The van der Waals surface area contributed by atoms with Crippen molar-refractivity contribution in [3.05, 3.63) is 0 Å². The summed E-state index contributed by atoms with van der Waals surface area (Å²) in [6.07, 6.45) is -1.83. The van der Waals surface area contributed by atoms with Gasteiger partial charge < -0.3 is 13.1 Å². The minimum absolute atomic E-state index is 0. The van der Waals surface area contributed by atoms with Gasteiger partial charge >= 0.3 is 65.3 Å². The number of hydrogen-bond donors (Lipinski definition) is 2. The Balaban J connectivity index is -0.00000000450. The van der Waals surface area contributed by atoms with Crippen molar-refractivity contribution >= 4 is 14.6 Å². The quantitative estimate of drug-likeness (QED) is 0.313. The minimum Gasteiger partial charge on any atom is -1.00 e. The predicted octanol–water partition coefficient (Wildman–Crippen LogP) is -5.93. The van der Waals surface area contributed by atoms with Gasteiger partial charge in [0.05, 0.1) is 0 Å². The van der Waals surface area contributed by atoms with E-state index in [2.05, 4.69) is 0 Å². The van der Waals surface area contributed by atoms with Crippen molar-refractivity contribution in [3.8, 4) is 0 Å². The Labute approximate surface area is 90.6 Å². The van der Waals surface area contributed by atoms with Crippen LogP contribution in [0.5, 0.6) is 0 Å². The summed E-state index contributed by atoms with van der Waals surface area (Å²) in [7, 11) is 0. The largest absolute Gasteiger partial charge is 1.00 e. The molecule has 0 atom stereocenters. The molecule has 0 bridgehead atoms. The summed E-state index contributed by atoms with van der Waals surface area (Å²) >= 11 is 0. The fourth-order valence-corrected chi connectivity index (χ4v) is 0. The maximum atomic E-state index is 8.56. The molecule has 7 heavy (non-hydrogen) atoms. The van der Waals surface area contributed by atoms with Crippen LogP contribution in [-0.4, -0.2) is 24.8 Å². The molecule has 0 saturated heterocycles. The second kappa shape index (κ2) is 15.7. The maximum Gasteiger partial charge on any atom is 1.00 e. The van der Waals surface area contributed by atoms with E-state index >= 15 is 0 Å². The molecule has 0 aromatic heterocycles. The Bertz CT molecular complexity index is 42.8. The first-order chi connectivity index (χ1) is 1.73. The van der Waals surface area contributed by atoms with Gasteiger partial charge in [-0.1, -0.05) is 0 Å². The monoisotopic (exact) mass is 121 g/mol. The van der Waals surface area contributed by atoms with Crippen LogP contribution in [-0.2, 0) is 0 Å². The first kappa shape index (κ1) is 23.9. The van der Waals surface area contributed by atoms with Gasteiger partial charge in [-0.2, -0.15) is 0 Å². The van der Waals surface area contributed by atoms with Gasteiger partial charge in [-0.3, -0.25) is 0 Å². The molecule has 3 nitrogen and oxygen atoms in total. The van der Waals surface area contributed by atoms with Gasteiger partial charge in [-0.25, -0.2) is 4.79 Å². The second-order valence-corrected chi connectivity index (χ2v) is 0.283. The maximum absolute atomic E-state index is 8.56. The van der Waals surface area contributed by atoms with Crippen molar-refractivity contribution < 1.29 is 77.0 Å². The van der Waals surface area contributed by atoms with E-state index in [0.29, 0.717) is 0 Å². The van der Waals surface area contributed by atoms with Crippen LogP contribution in [0.1, 0.15) is 2.85 Å². The van der Waals surface area contributed by atoms with Gasteiger partial charge in [0.2, 0.25) is 0 Å². The second-order valence-electron chi connectivity index (χ2n) is 0.283. The predicted molar refractivity (Wildman–Crippen MR) is 18.6 cm³/mol. The SMILES string of the molecule is O=C(O)O.[B].[H-].[H-].[Na+].[Na+]. The zero-order valence-corrected chi connectivity index (χ0v) is 8.38. The van der Waals surface area contributed by atoms with Crippen molar-refractivity contribution in [2.24, 2.45) is 0 Å². The third kappa shape index (κ3) is 117. The van der Waals surface area contributed by atoms with Crippen molar-refractivity contribution in [2.45, 2.75) is 0 Å². The van der Waals surface area contributed by atoms with Crippen LogP contribution >= 0.6 is 0 Å². The smallest absolute Gasteiger partial charge is 1.00 e. The Morgan fingerprint density at radius 2 is 1.29 bits per heavy atom. The average molecular weight is 121 g/mol. The van der Waals surface area contributed by atoms with Crippen LogP contribution in [0, 0.1) is 0 Å². The molecule has 31 valence electrons. The molecule has 0 spiro atoms. The standard InChI is InChI=1S/CH2O3.B.2Na.2H/c2-1(3)4;;;;;/h(H2,2,3,4);;;;;/q;;2*+1;2*-1. The molecule has 0 aromatic carbocycles. The summed E-state index contributed by atoms with van der Waals surface area (Å²) in [4.78, 5) is 8.56. The Hall–Kier alpha value is 1.33. The Morgan fingerprint density at radius 1 is 1.29 bits per heavy atom. The molecule has 0 rings (SSSR count). The topological polar surface area (TPSA) is 57.5 Å². The van der Waals surface area contributed by atoms with E-state index < -0.39 is 6.16 Å². The van der Waals surface area contributed by atoms with Crippen LogP contribution < -0.4 is 59.1 Å². The molecular weight excluding hydrogens is 117 g/mol. The summed E-state index contributed by atoms with van der Waals surface area (Å²) in [5, 5.41) is 13.9. The number of carbonyl (C=O) groups is 1. The van der Waals surface area contributed by atoms with E-state index in [0.717, 1.165) is 0 Å². The van der Waals surface area contributed by atoms with Crippen molar-refractivity contribution in [2.75, 3.05) is 0 Å². The third-order valence-corrected chi connectivity index (χ3v) is 0.